The SMILES string of the molecule is CCCc1cccc(-c2cn(C)cc(C(F)(F)F)c2=O)c1CCC. The maximum Gasteiger partial charge on any atom is 0.421 e. The van der Waals surface area contributed by atoms with Gasteiger partial charge in [0.1, 0.15) is 5.56 Å². The highest BCUT2D eigenvalue weighted by Gasteiger charge is 2.35. The minimum Gasteiger partial charge on any atom is -0.356 e. The maximum atomic E-state index is 13.2. The van der Waals surface area contributed by atoms with Crippen LogP contribution in [0.5, 0.6) is 0 Å². The second-order valence-corrected chi connectivity index (χ2v) is 6.02. The number of aromatic nitrogens is 1. The lowest BCUT2D eigenvalue weighted by atomic mass is 9.90. The van der Waals surface area contributed by atoms with Crippen molar-refractivity contribution < 1.29 is 13.2 Å². The van der Waals surface area contributed by atoms with Gasteiger partial charge in [0.15, 0.2) is 0 Å². The molecule has 0 atom stereocenters. The van der Waals surface area contributed by atoms with E-state index >= 15 is 0 Å². The van der Waals surface area contributed by atoms with E-state index in [9.17, 15) is 18.0 Å². The van der Waals surface area contributed by atoms with Gasteiger partial charge >= 0.3 is 6.18 Å². The van der Waals surface area contributed by atoms with Crippen LogP contribution in [0, 0.1) is 0 Å². The predicted molar refractivity (Wildman–Crippen MR) is 90.1 cm³/mol. The zero-order chi connectivity index (χ0) is 17.9. The number of nitrogens with zero attached hydrogens (tertiary/aromatic N) is 1. The Labute approximate surface area is 139 Å². The Morgan fingerprint density at radius 1 is 1.00 bits per heavy atom. The molecule has 0 saturated heterocycles. The lowest BCUT2D eigenvalue weighted by molar-refractivity contribution is -0.138. The summed E-state index contributed by atoms with van der Waals surface area (Å²) in [6, 6.07) is 5.57. The van der Waals surface area contributed by atoms with Gasteiger partial charge in [0.25, 0.3) is 0 Å². The Hall–Kier alpha value is -2.04. The minimum absolute atomic E-state index is 0.119. The fraction of sp³-hybridized carbons (Fsp3) is 0.421. The molecule has 2 nitrogen and oxygen atoms in total. The van der Waals surface area contributed by atoms with Gasteiger partial charge in [-0.1, -0.05) is 44.9 Å². The van der Waals surface area contributed by atoms with Gasteiger partial charge in [-0.2, -0.15) is 13.2 Å². The molecule has 0 saturated carbocycles. The van der Waals surface area contributed by atoms with Crippen molar-refractivity contribution in [2.45, 2.75) is 45.7 Å². The molecule has 0 aliphatic rings. The third-order valence-electron chi connectivity index (χ3n) is 4.04. The average Bonchev–Trinajstić information content (AvgIpc) is 2.50. The number of hydrogen-bond donors (Lipinski definition) is 0. The predicted octanol–water partition coefficient (Wildman–Crippen LogP) is 4.98. The normalized spacial score (nSPS) is 11.8. The molecule has 1 aromatic carbocycles. The van der Waals surface area contributed by atoms with Gasteiger partial charge in [-0.15, -0.1) is 0 Å². The van der Waals surface area contributed by atoms with Crippen molar-refractivity contribution in [1.82, 2.24) is 4.57 Å². The van der Waals surface area contributed by atoms with Crippen LogP contribution < -0.4 is 5.43 Å². The van der Waals surface area contributed by atoms with Crippen molar-refractivity contribution in [2.75, 3.05) is 0 Å². The molecule has 0 spiro atoms. The number of aryl methyl sites for hydroxylation is 2. The van der Waals surface area contributed by atoms with Gasteiger partial charge in [0.2, 0.25) is 5.43 Å². The fourth-order valence-electron chi connectivity index (χ4n) is 3.04. The molecule has 1 heterocycles. The Morgan fingerprint density at radius 3 is 2.25 bits per heavy atom. The average molecular weight is 337 g/mol. The van der Waals surface area contributed by atoms with Crippen LogP contribution in [0.2, 0.25) is 0 Å². The molecule has 24 heavy (non-hydrogen) atoms. The van der Waals surface area contributed by atoms with Crippen molar-refractivity contribution in [3.05, 3.63) is 57.5 Å². The first kappa shape index (κ1) is 18.3. The number of alkyl halides is 3. The van der Waals surface area contributed by atoms with Crippen LogP contribution in [-0.2, 0) is 26.1 Å². The van der Waals surface area contributed by atoms with E-state index < -0.39 is 17.2 Å². The molecular formula is C19H22F3NO. The third-order valence-corrected chi connectivity index (χ3v) is 4.04. The summed E-state index contributed by atoms with van der Waals surface area (Å²) >= 11 is 0. The van der Waals surface area contributed by atoms with E-state index in [2.05, 4.69) is 6.92 Å². The monoisotopic (exact) mass is 337 g/mol. The summed E-state index contributed by atoms with van der Waals surface area (Å²) in [6.45, 7) is 4.09. The van der Waals surface area contributed by atoms with Gasteiger partial charge in [-0.05, 0) is 29.5 Å². The zero-order valence-electron chi connectivity index (χ0n) is 14.2. The van der Waals surface area contributed by atoms with Gasteiger partial charge in [-0.25, -0.2) is 0 Å². The maximum absolute atomic E-state index is 13.2. The Kier molecular flexibility index (Phi) is 5.52. The molecule has 2 rings (SSSR count). The summed E-state index contributed by atoms with van der Waals surface area (Å²) in [4.78, 5) is 12.5. The fourth-order valence-corrected chi connectivity index (χ4v) is 3.04. The second kappa shape index (κ2) is 7.24. The van der Waals surface area contributed by atoms with Crippen LogP contribution in [0.15, 0.2) is 35.4 Å². The molecule has 0 radical (unpaired) electrons. The van der Waals surface area contributed by atoms with Crippen molar-refractivity contribution in [3.8, 4) is 11.1 Å². The summed E-state index contributed by atoms with van der Waals surface area (Å²) in [5, 5.41) is 0. The second-order valence-electron chi connectivity index (χ2n) is 6.02. The van der Waals surface area contributed by atoms with Gasteiger partial charge in [-0.3, -0.25) is 4.79 Å². The van der Waals surface area contributed by atoms with Crippen LogP contribution >= 0.6 is 0 Å². The van der Waals surface area contributed by atoms with E-state index in [1.807, 2.05) is 19.1 Å². The molecule has 2 aromatic rings. The Bertz CT molecular complexity index is 775. The van der Waals surface area contributed by atoms with Crippen LogP contribution in [-0.4, -0.2) is 4.57 Å². The van der Waals surface area contributed by atoms with E-state index in [1.54, 1.807) is 6.07 Å². The van der Waals surface area contributed by atoms with Gasteiger partial charge in [0, 0.05) is 25.0 Å². The van der Waals surface area contributed by atoms with E-state index in [1.165, 1.54) is 17.8 Å². The van der Waals surface area contributed by atoms with Crippen LogP contribution in [0.3, 0.4) is 0 Å². The standard InChI is InChI=1S/C19H22F3NO/c1-4-7-13-9-6-10-15(14(13)8-5-2)16-11-23(3)12-17(18(16)24)19(20,21)22/h6,9-12H,4-5,7-8H2,1-3H3. The summed E-state index contributed by atoms with van der Waals surface area (Å²) < 4.78 is 40.8. The van der Waals surface area contributed by atoms with E-state index in [-0.39, 0.29) is 5.56 Å². The number of pyridine rings is 1. The van der Waals surface area contributed by atoms with Crippen molar-refractivity contribution in [2.24, 2.45) is 7.05 Å². The minimum atomic E-state index is -4.66. The molecule has 0 aliphatic heterocycles. The molecule has 0 amide bonds. The first-order valence-electron chi connectivity index (χ1n) is 8.18. The lowest BCUT2D eigenvalue weighted by Gasteiger charge is -2.16. The van der Waals surface area contributed by atoms with Gasteiger partial charge < -0.3 is 4.57 Å². The third kappa shape index (κ3) is 3.71. The van der Waals surface area contributed by atoms with Crippen molar-refractivity contribution in [1.29, 1.82) is 0 Å². The van der Waals surface area contributed by atoms with Crippen LogP contribution in [0.1, 0.15) is 43.4 Å². The van der Waals surface area contributed by atoms with E-state index in [0.717, 1.165) is 43.0 Å². The quantitative estimate of drug-likeness (QED) is 0.754. The molecule has 0 bridgehead atoms. The smallest absolute Gasteiger partial charge is 0.356 e. The summed E-state index contributed by atoms with van der Waals surface area (Å²) in [7, 11) is 1.51. The number of hydrogen-bond acceptors (Lipinski definition) is 1. The molecule has 0 N–H and O–H groups in total. The molecule has 0 unspecified atom stereocenters. The molecule has 1 aromatic heterocycles. The molecule has 0 fully saturated rings. The first-order valence-corrected chi connectivity index (χ1v) is 8.18. The number of rotatable bonds is 5. The number of benzene rings is 1. The highest BCUT2D eigenvalue weighted by atomic mass is 19.4. The van der Waals surface area contributed by atoms with Gasteiger partial charge in [0.05, 0.1) is 0 Å². The Balaban J connectivity index is 2.75. The zero-order valence-corrected chi connectivity index (χ0v) is 14.2. The molecule has 130 valence electrons. The molecule has 0 aliphatic carbocycles. The highest BCUT2D eigenvalue weighted by Crippen LogP contribution is 2.30. The topological polar surface area (TPSA) is 22.0 Å². The molecular weight excluding hydrogens is 315 g/mol. The van der Waals surface area contributed by atoms with E-state index in [0.29, 0.717) is 5.56 Å². The van der Waals surface area contributed by atoms with Crippen LogP contribution in [0.25, 0.3) is 11.1 Å². The highest BCUT2D eigenvalue weighted by molar-refractivity contribution is 5.69. The van der Waals surface area contributed by atoms with Crippen molar-refractivity contribution in [3.63, 3.8) is 0 Å². The first-order chi connectivity index (χ1) is 11.3. The van der Waals surface area contributed by atoms with Crippen LogP contribution in [0.4, 0.5) is 13.2 Å². The summed E-state index contributed by atoms with van der Waals surface area (Å²) in [5.74, 6) is 0. The van der Waals surface area contributed by atoms with Crippen molar-refractivity contribution >= 4 is 0 Å². The Morgan fingerprint density at radius 2 is 1.67 bits per heavy atom. The summed E-state index contributed by atoms with van der Waals surface area (Å²) in [5.41, 5.74) is 0.760. The largest absolute Gasteiger partial charge is 0.421 e. The number of halogens is 3. The van der Waals surface area contributed by atoms with E-state index in [4.69, 9.17) is 0 Å². The molecule has 5 heteroatoms. The lowest BCUT2D eigenvalue weighted by Crippen LogP contribution is -2.23. The summed E-state index contributed by atoms with van der Waals surface area (Å²) in [6.07, 6.45) is 1.08.